The summed E-state index contributed by atoms with van der Waals surface area (Å²) in [6.45, 7) is 5.56. The highest BCUT2D eigenvalue weighted by molar-refractivity contribution is 7.89. The summed E-state index contributed by atoms with van der Waals surface area (Å²) >= 11 is 0. The molecule has 182 valence electrons. The molecule has 2 aromatic heterocycles. The maximum atomic E-state index is 13.5. The van der Waals surface area contributed by atoms with E-state index in [9.17, 15) is 18.1 Å². The molecular weight excluding hydrogens is 467 g/mol. The van der Waals surface area contributed by atoms with Crippen molar-refractivity contribution in [2.75, 3.05) is 13.1 Å². The lowest BCUT2D eigenvalue weighted by Gasteiger charge is -2.37. The fourth-order valence-corrected chi connectivity index (χ4v) is 7.19. The Morgan fingerprint density at radius 2 is 2.06 bits per heavy atom. The number of rotatable bonds is 6. The molecule has 0 bridgehead atoms. The lowest BCUT2D eigenvalue weighted by Crippen LogP contribution is -2.41. The van der Waals surface area contributed by atoms with Crippen LogP contribution in [0.2, 0.25) is 0 Å². The van der Waals surface area contributed by atoms with Gasteiger partial charge in [-0.3, -0.25) is 0 Å². The van der Waals surface area contributed by atoms with Crippen molar-refractivity contribution in [3.63, 3.8) is 0 Å². The Balaban J connectivity index is 1.45. The molecule has 2 atom stereocenters. The van der Waals surface area contributed by atoms with Crippen molar-refractivity contribution in [3.05, 3.63) is 70.7 Å². The number of nitrogens with zero attached hydrogens (tertiary/aromatic N) is 4. The molecule has 3 aromatic rings. The molecule has 0 unspecified atom stereocenters. The topological polar surface area (TPSA) is 92.1 Å². The third-order valence-corrected chi connectivity index (χ3v) is 9.43. The lowest BCUT2D eigenvalue weighted by molar-refractivity contribution is 0.227. The molecule has 0 saturated heterocycles. The summed E-state index contributed by atoms with van der Waals surface area (Å²) in [6, 6.07) is 9.80. The van der Waals surface area contributed by atoms with E-state index in [1.807, 2.05) is 16.9 Å². The van der Waals surface area contributed by atoms with E-state index in [2.05, 4.69) is 18.1 Å². The predicted octanol–water partition coefficient (Wildman–Crippen LogP) is 4.79. The first-order valence-electron chi connectivity index (χ1n) is 11.6. The van der Waals surface area contributed by atoms with E-state index < -0.39 is 10.0 Å². The summed E-state index contributed by atoms with van der Waals surface area (Å²) in [5.74, 6) is 0.609. The van der Waals surface area contributed by atoms with Crippen LogP contribution in [-0.2, 0) is 16.4 Å². The summed E-state index contributed by atoms with van der Waals surface area (Å²) < 4.78 is 48.9. The second-order valence-corrected chi connectivity index (χ2v) is 11.6. The molecule has 1 fully saturated rings. The molecule has 7 nitrogen and oxygen atoms in total. The van der Waals surface area contributed by atoms with Gasteiger partial charge in [0.15, 0.2) is 0 Å². The second-order valence-electron chi connectivity index (χ2n) is 9.68. The number of allylic oxidation sites excluding steroid dienone is 1. The van der Waals surface area contributed by atoms with Crippen LogP contribution in [-0.4, -0.2) is 35.6 Å². The van der Waals surface area contributed by atoms with Gasteiger partial charge in [-0.2, -0.15) is 14.7 Å². The minimum Gasteiger partial charge on any atom is -0.465 e. The van der Waals surface area contributed by atoms with Crippen molar-refractivity contribution >= 4 is 16.1 Å². The van der Waals surface area contributed by atoms with E-state index in [4.69, 9.17) is 4.42 Å². The fraction of sp³-hybridized carbons (Fsp3) is 0.385. The maximum Gasteiger partial charge on any atom is 0.247 e. The van der Waals surface area contributed by atoms with Crippen molar-refractivity contribution in [1.82, 2.24) is 14.1 Å². The summed E-state index contributed by atoms with van der Waals surface area (Å²) in [7, 11) is -3.87. The number of aromatic nitrogens is 2. The predicted molar refractivity (Wildman–Crippen MR) is 129 cm³/mol. The number of halogens is 1. The number of fused-ring (bicyclic) bond motifs is 2. The summed E-state index contributed by atoms with van der Waals surface area (Å²) in [6.07, 6.45) is 6.40. The number of sulfonamides is 1. The van der Waals surface area contributed by atoms with Gasteiger partial charge in [-0.25, -0.2) is 17.5 Å². The Bertz CT molecular complexity index is 1460. The van der Waals surface area contributed by atoms with Gasteiger partial charge in [0.1, 0.15) is 28.8 Å². The van der Waals surface area contributed by atoms with Gasteiger partial charge in [-0.05, 0) is 86.4 Å². The SMILES string of the molecule is Cc1cc(S(=O)(=O)N(CC#N)C[C@H]2CCC3=Cc4c(cnn4-c4ccc(F)cc4)C[C@@]32C)c(C)o1. The van der Waals surface area contributed by atoms with Crippen LogP contribution in [0.15, 0.2) is 51.4 Å². The Hall–Kier alpha value is -3.22. The molecule has 5 rings (SSSR count). The van der Waals surface area contributed by atoms with Crippen LogP contribution in [0.3, 0.4) is 0 Å². The maximum absolute atomic E-state index is 13.5. The third kappa shape index (κ3) is 3.91. The van der Waals surface area contributed by atoms with Gasteiger partial charge >= 0.3 is 0 Å². The van der Waals surface area contributed by atoms with Gasteiger partial charge in [0.2, 0.25) is 10.0 Å². The Morgan fingerprint density at radius 3 is 2.71 bits per heavy atom. The molecule has 2 aliphatic carbocycles. The molecule has 1 aromatic carbocycles. The quantitative estimate of drug-likeness (QED) is 0.460. The standard InChI is InChI=1S/C26H27FN4O3S/c1-17-12-25(18(2)34-17)35(32,33)30(11-10-28)16-21-5-4-20-13-24-19(14-26(20,21)3)15-29-31(24)23-8-6-22(27)7-9-23/h6-9,12-13,15,21H,4-5,11,14,16H2,1-3H3/t21-,26+/m1/s1. The van der Waals surface area contributed by atoms with E-state index in [0.717, 1.165) is 36.2 Å². The van der Waals surface area contributed by atoms with Gasteiger partial charge in [-0.1, -0.05) is 12.5 Å². The highest BCUT2D eigenvalue weighted by Gasteiger charge is 2.47. The highest BCUT2D eigenvalue weighted by Crippen LogP contribution is 2.53. The zero-order valence-corrected chi connectivity index (χ0v) is 20.8. The van der Waals surface area contributed by atoms with Gasteiger partial charge in [0.25, 0.3) is 0 Å². The molecule has 0 spiro atoms. The van der Waals surface area contributed by atoms with Crippen LogP contribution in [0.4, 0.5) is 4.39 Å². The first kappa shape index (κ1) is 23.5. The molecule has 2 aliphatic rings. The van der Waals surface area contributed by atoms with Crippen LogP contribution in [0.5, 0.6) is 0 Å². The fourth-order valence-electron chi connectivity index (χ4n) is 5.59. The van der Waals surface area contributed by atoms with Gasteiger partial charge in [0, 0.05) is 6.54 Å². The van der Waals surface area contributed by atoms with Gasteiger partial charge in [-0.15, -0.1) is 0 Å². The highest BCUT2D eigenvalue weighted by atomic mass is 32.2. The monoisotopic (exact) mass is 494 g/mol. The van der Waals surface area contributed by atoms with E-state index >= 15 is 0 Å². The molecule has 35 heavy (non-hydrogen) atoms. The number of furan rings is 1. The zero-order valence-electron chi connectivity index (χ0n) is 20.0. The molecule has 0 amide bonds. The average molecular weight is 495 g/mol. The summed E-state index contributed by atoms with van der Waals surface area (Å²) in [4.78, 5) is 0.121. The van der Waals surface area contributed by atoms with E-state index in [1.165, 1.54) is 28.1 Å². The van der Waals surface area contributed by atoms with Crippen molar-refractivity contribution in [2.24, 2.45) is 11.3 Å². The number of hydrogen-bond acceptors (Lipinski definition) is 5. The first-order valence-corrected chi connectivity index (χ1v) is 13.1. The molecule has 0 N–H and O–H groups in total. The average Bonchev–Trinajstić information content (AvgIpc) is 3.47. The molecule has 9 heteroatoms. The minimum absolute atomic E-state index is 0.0486. The normalized spacial score (nSPS) is 21.5. The zero-order chi connectivity index (χ0) is 25.0. The molecule has 2 heterocycles. The van der Waals surface area contributed by atoms with Gasteiger partial charge in [0.05, 0.1) is 23.6 Å². The first-order chi connectivity index (χ1) is 16.6. The number of benzene rings is 1. The Labute approximate surface area is 204 Å². The van der Waals surface area contributed by atoms with E-state index in [-0.39, 0.29) is 35.1 Å². The summed E-state index contributed by atoms with van der Waals surface area (Å²) in [5, 5.41) is 14.0. The minimum atomic E-state index is -3.87. The summed E-state index contributed by atoms with van der Waals surface area (Å²) in [5.41, 5.74) is 3.86. The van der Waals surface area contributed by atoms with E-state index in [1.54, 1.807) is 26.0 Å². The molecular formula is C26H27FN4O3S. The van der Waals surface area contributed by atoms with Crippen molar-refractivity contribution in [1.29, 1.82) is 5.26 Å². The molecule has 0 aliphatic heterocycles. The Morgan fingerprint density at radius 1 is 1.31 bits per heavy atom. The van der Waals surface area contributed by atoms with Crippen molar-refractivity contribution < 1.29 is 17.2 Å². The number of aryl methyl sites for hydroxylation is 2. The number of nitriles is 1. The number of hydrogen-bond donors (Lipinski definition) is 0. The van der Waals surface area contributed by atoms with Crippen LogP contribution >= 0.6 is 0 Å². The lowest BCUT2D eigenvalue weighted by atomic mass is 9.70. The molecule has 0 radical (unpaired) electrons. The van der Waals surface area contributed by atoms with Crippen LogP contribution in [0.1, 0.15) is 42.5 Å². The van der Waals surface area contributed by atoms with Crippen molar-refractivity contribution in [2.45, 2.75) is 44.9 Å². The largest absolute Gasteiger partial charge is 0.465 e. The second kappa shape index (κ2) is 8.47. The van der Waals surface area contributed by atoms with Crippen LogP contribution in [0, 0.1) is 42.3 Å². The van der Waals surface area contributed by atoms with Gasteiger partial charge < -0.3 is 4.42 Å². The van der Waals surface area contributed by atoms with E-state index in [0.29, 0.717) is 11.5 Å². The third-order valence-electron chi connectivity index (χ3n) is 7.51. The smallest absolute Gasteiger partial charge is 0.247 e. The van der Waals surface area contributed by atoms with Crippen LogP contribution < -0.4 is 0 Å². The molecule has 1 saturated carbocycles. The Kier molecular flexibility index (Phi) is 5.69. The van der Waals surface area contributed by atoms with Crippen molar-refractivity contribution in [3.8, 4) is 11.8 Å². The van der Waals surface area contributed by atoms with Crippen LogP contribution in [0.25, 0.3) is 11.8 Å².